The molecule has 2 atom stereocenters. The number of amides is 2. The molecular weight excluding hydrogens is 643 g/mol. The van der Waals surface area contributed by atoms with E-state index in [-0.39, 0.29) is 23.9 Å². The summed E-state index contributed by atoms with van der Waals surface area (Å²) in [5.41, 5.74) is 10.7. The number of para-hydroxylation sites is 2. The van der Waals surface area contributed by atoms with E-state index >= 15 is 0 Å². The third-order valence-electron chi connectivity index (χ3n) is 9.63. The van der Waals surface area contributed by atoms with Crippen molar-refractivity contribution in [3.8, 4) is 11.4 Å². The average molecular weight is 684 g/mol. The number of thiophene rings is 1. The van der Waals surface area contributed by atoms with Crippen LogP contribution >= 0.6 is 11.3 Å². The Hall–Kier alpha value is -5.35. The van der Waals surface area contributed by atoms with Crippen molar-refractivity contribution in [3.63, 3.8) is 0 Å². The zero-order valence-corrected chi connectivity index (χ0v) is 29.4. The van der Waals surface area contributed by atoms with Gasteiger partial charge in [0.05, 0.1) is 40.7 Å². The van der Waals surface area contributed by atoms with Crippen molar-refractivity contribution < 1.29 is 9.59 Å². The molecule has 254 valence electrons. The normalized spacial score (nSPS) is 16.4. The van der Waals surface area contributed by atoms with Gasteiger partial charge in [-0.2, -0.15) is 10.2 Å². The van der Waals surface area contributed by atoms with Crippen LogP contribution in [-0.2, 0) is 12.8 Å². The summed E-state index contributed by atoms with van der Waals surface area (Å²) < 4.78 is 4.06. The van der Waals surface area contributed by atoms with Gasteiger partial charge < -0.3 is 10.6 Å². The molecule has 2 amide bonds. The Morgan fingerprint density at radius 1 is 0.680 bits per heavy atom. The van der Waals surface area contributed by atoms with Crippen molar-refractivity contribution in [3.05, 3.63) is 147 Å². The summed E-state index contributed by atoms with van der Waals surface area (Å²) in [4.78, 5) is 30.0. The van der Waals surface area contributed by atoms with Gasteiger partial charge in [0.15, 0.2) is 0 Å². The van der Waals surface area contributed by atoms with Crippen LogP contribution in [-0.4, -0.2) is 36.4 Å². The van der Waals surface area contributed by atoms with Crippen LogP contribution in [0.2, 0.25) is 0 Å². The predicted molar refractivity (Wildman–Crippen MR) is 196 cm³/mol. The van der Waals surface area contributed by atoms with Gasteiger partial charge in [0.1, 0.15) is 5.69 Å². The molecule has 4 heterocycles. The summed E-state index contributed by atoms with van der Waals surface area (Å²) in [5, 5.41) is 17.5. The van der Waals surface area contributed by atoms with Crippen LogP contribution in [0.5, 0.6) is 0 Å². The van der Waals surface area contributed by atoms with Gasteiger partial charge in [-0.15, -0.1) is 11.3 Å². The van der Waals surface area contributed by atoms with Crippen LogP contribution in [0.1, 0.15) is 97.1 Å². The van der Waals surface area contributed by atoms with Crippen molar-refractivity contribution in [1.82, 2.24) is 35.2 Å². The molecule has 10 heteroatoms. The fourth-order valence-corrected chi connectivity index (χ4v) is 7.82. The summed E-state index contributed by atoms with van der Waals surface area (Å²) in [6, 6.07) is 23.9. The molecule has 0 radical (unpaired) electrons. The van der Waals surface area contributed by atoms with Crippen molar-refractivity contribution in [2.24, 2.45) is 0 Å². The second-order valence-electron chi connectivity index (χ2n) is 13.0. The van der Waals surface area contributed by atoms with E-state index in [1.54, 1.807) is 12.3 Å². The smallest absolute Gasteiger partial charge is 0.270 e. The molecule has 0 bridgehead atoms. The molecule has 0 unspecified atom stereocenters. The zero-order chi connectivity index (χ0) is 34.6. The fourth-order valence-electron chi connectivity index (χ4n) is 6.99. The summed E-state index contributed by atoms with van der Waals surface area (Å²) in [6.45, 7) is 6.17. The van der Waals surface area contributed by atoms with E-state index in [1.165, 1.54) is 33.9 Å². The highest BCUT2D eigenvalue weighted by molar-refractivity contribution is 7.12. The minimum absolute atomic E-state index is 0.0176. The Morgan fingerprint density at radius 3 is 1.72 bits per heavy atom. The van der Waals surface area contributed by atoms with E-state index in [0.717, 1.165) is 71.5 Å². The van der Waals surface area contributed by atoms with Crippen molar-refractivity contribution in [2.75, 3.05) is 0 Å². The number of pyridine rings is 1. The summed E-state index contributed by atoms with van der Waals surface area (Å²) >= 11 is 1.50. The molecule has 4 aromatic heterocycles. The Bertz CT molecular complexity index is 2130. The lowest BCUT2D eigenvalue weighted by molar-refractivity contribution is 0.0922. The summed E-state index contributed by atoms with van der Waals surface area (Å²) in [6.07, 6.45) is 11.4. The number of benzene rings is 2. The van der Waals surface area contributed by atoms with E-state index in [1.807, 2.05) is 76.5 Å². The maximum Gasteiger partial charge on any atom is 0.270 e. The molecule has 50 heavy (non-hydrogen) atoms. The fraction of sp³-hybridized carbons (Fsp3) is 0.275. The second kappa shape index (κ2) is 14.6. The molecule has 9 nitrogen and oxygen atoms in total. The Labute approximate surface area is 296 Å². The highest BCUT2D eigenvalue weighted by Gasteiger charge is 2.28. The number of carbonyl (C=O) groups excluding carboxylic acids is 2. The molecule has 0 spiro atoms. The Balaban J connectivity index is 0.000000157. The number of hydrogen-bond donors (Lipinski definition) is 2. The van der Waals surface area contributed by atoms with Crippen LogP contribution in [0.4, 0.5) is 0 Å². The van der Waals surface area contributed by atoms with E-state index in [0.29, 0.717) is 5.69 Å². The van der Waals surface area contributed by atoms with Gasteiger partial charge in [-0.1, -0.05) is 42.5 Å². The van der Waals surface area contributed by atoms with E-state index in [2.05, 4.69) is 63.9 Å². The topological polar surface area (TPSA) is 107 Å². The number of aromatic nitrogens is 5. The lowest BCUT2D eigenvalue weighted by Gasteiger charge is -2.24. The van der Waals surface area contributed by atoms with Gasteiger partial charge in [-0.25, -0.2) is 9.36 Å². The van der Waals surface area contributed by atoms with Gasteiger partial charge in [-0.05, 0) is 112 Å². The third-order valence-corrected chi connectivity index (χ3v) is 10.6. The molecule has 2 aromatic carbocycles. The van der Waals surface area contributed by atoms with Crippen molar-refractivity contribution in [1.29, 1.82) is 0 Å². The lowest BCUT2D eigenvalue weighted by atomic mass is 9.92. The summed E-state index contributed by atoms with van der Waals surface area (Å²) in [5.74, 6) is -0.115. The third kappa shape index (κ3) is 6.76. The van der Waals surface area contributed by atoms with Gasteiger partial charge >= 0.3 is 0 Å². The first-order valence-corrected chi connectivity index (χ1v) is 18.1. The van der Waals surface area contributed by atoms with Crippen LogP contribution < -0.4 is 10.6 Å². The quantitative estimate of drug-likeness (QED) is 0.187. The number of rotatable bonds is 6. The SMILES string of the molecule is Cc1ccccc1-n1ncc2c1CCC[C@H]2NC(=O)c1ccccn1.Cc1ccccc1-n1ncc2c1CCC[C@H]2NC(=O)c1sccc1C. The number of aryl methyl sites for hydroxylation is 3. The van der Waals surface area contributed by atoms with Gasteiger partial charge in [0.2, 0.25) is 0 Å². The number of fused-ring (bicyclic) bond motifs is 2. The number of nitrogens with zero attached hydrogens (tertiary/aromatic N) is 5. The number of carbonyl (C=O) groups is 2. The van der Waals surface area contributed by atoms with E-state index < -0.39 is 0 Å². The minimum atomic E-state index is -0.137. The molecule has 0 aliphatic heterocycles. The van der Waals surface area contributed by atoms with Crippen LogP contribution in [0, 0.1) is 20.8 Å². The highest BCUT2D eigenvalue weighted by Crippen LogP contribution is 2.33. The number of nitrogens with one attached hydrogen (secondary N) is 2. The Kier molecular flexibility index (Phi) is 9.71. The minimum Gasteiger partial charge on any atom is -0.344 e. The average Bonchev–Trinajstić information content (AvgIpc) is 3.89. The molecule has 6 aromatic rings. The molecule has 0 saturated carbocycles. The van der Waals surface area contributed by atoms with Crippen LogP contribution in [0.15, 0.2) is 96.8 Å². The predicted octanol–water partition coefficient (Wildman–Crippen LogP) is 7.74. The molecule has 2 aliphatic carbocycles. The zero-order valence-electron chi connectivity index (χ0n) is 28.6. The molecule has 0 saturated heterocycles. The van der Waals surface area contributed by atoms with E-state index in [4.69, 9.17) is 0 Å². The second-order valence-corrected chi connectivity index (χ2v) is 13.9. The first-order valence-electron chi connectivity index (χ1n) is 17.2. The first kappa shape index (κ1) is 33.2. The van der Waals surface area contributed by atoms with Crippen molar-refractivity contribution >= 4 is 23.2 Å². The highest BCUT2D eigenvalue weighted by atomic mass is 32.1. The number of hydrogen-bond acceptors (Lipinski definition) is 6. The van der Waals surface area contributed by atoms with Gasteiger partial charge in [0, 0.05) is 28.7 Å². The Morgan fingerprint density at radius 2 is 1.22 bits per heavy atom. The van der Waals surface area contributed by atoms with Gasteiger partial charge in [0.25, 0.3) is 11.8 Å². The maximum absolute atomic E-state index is 12.6. The molecule has 8 rings (SSSR count). The van der Waals surface area contributed by atoms with E-state index in [9.17, 15) is 9.59 Å². The van der Waals surface area contributed by atoms with Crippen LogP contribution in [0.25, 0.3) is 11.4 Å². The molecular formula is C40H41N7O2S. The van der Waals surface area contributed by atoms with Crippen molar-refractivity contribution in [2.45, 2.75) is 71.4 Å². The molecule has 2 N–H and O–H groups in total. The first-order chi connectivity index (χ1) is 24.4. The lowest BCUT2D eigenvalue weighted by Crippen LogP contribution is -2.31. The standard InChI is InChI=1S/C20H20N4O.C20H21N3OS/c1-14-7-2-3-10-18(14)24-19-11-6-9-16(15(19)13-22-24)23-20(25)17-8-4-5-12-21-17;1-13-6-3-4-8-17(13)23-18-9-5-7-16(15(18)12-21-23)22-20(24)19-14(2)10-11-25-19/h2-5,7-8,10,12-13,16H,6,9,11H2,1H3,(H,23,25);3-4,6,8,10-12,16H,5,7,9H2,1-2H3,(H,22,24)/t2*16-/m11/s1. The molecule has 0 fully saturated rings. The monoisotopic (exact) mass is 683 g/mol. The molecule has 2 aliphatic rings. The summed E-state index contributed by atoms with van der Waals surface area (Å²) in [7, 11) is 0. The largest absolute Gasteiger partial charge is 0.344 e. The van der Waals surface area contributed by atoms with Crippen LogP contribution in [0.3, 0.4) is 0 Å². The maximum atomic E-state index is 12.6. The van der Waals surface area contributed by atoms with Gasteiger partial charge in [-0.3, -0.25) is 14.6 Å².